The minimum atomic E-state index is -0.306. The Morgan fingerprint density at radius 2 is 1.80 bits per heavy atom. The van der Waals surface area contributed by atoms with Crippen LogP contribution in [0.25, 0.3) is 0 Å². The molecule has 10 heteroatoms. The number of hydrogen-bond acceptors (Lipinski definition) is 5. The van der Waals surface area contributed by atoms with Crippen LogP contribution in [0.1, 0.15) is 46.3 Å². The number of carbonyl (C=O) groups is 2. The number of likely N-dealkylation sites (tertiary alicyclic amines) is 1. The highest BCUT2D eigenvalue weighted by atomic mass is 35.5. The van der Waals surface area contributed by atoms with E-state index in [4.69, 9.17) is 16.3 Å². The Bertz CT molecular complexity index is 1210. The van der Waals surface area contributed by atoms with Gasteiger partial charge >= 0.3 is 0 Å². The Hall–Kier alpha value is -3.30. The van der Waals surface area contributed by atoms with Crippen LogP contribution in [0.5, 0.6) is 0 Å². The molecule has 0 spiro atoms. The van der Waals surface area contributed by atoms with Crippen LogP contribution in [0.2, 0.25) is 5.02 Å². The fourth-order valence-corrected chi connectivity index (χ4v) is 4.61. The normalized spacial score (nSPS) is 18.2. The average molecular weight is 498 g/mol. The molecule has 0 saturated carbocycles. The first-order valence-electron chi connectivity index (χ1n) is 11.6. The average Bonchev–Trinajstić information content (AvgIpc) is 3.31. The standard InChI is InChI=1S/C25H25ClFN5O3/c26-19-5-3-17(4-6-19)22-14-32-21(15-35-22)23(29-30-32)25(34)31-11-9-18(10-12-31)24(33)28-13-16-1-7-20(27)8-2-16/h1-8,18,22H,9-15H2,(H,28,33)/t22-/m0/s1. The van der Waals surface area contributed by atoms with Gasteiger partial charge in [0.1, 0.15) is 11.9 Å². The molecule has 0 bridgehead atoms. The lowest BCUT2D eigenvalue weighted by Crippen LogP contribution is -2.43. The van der Waals surface area contributed by atoms with Crippen LogP contribution in [-0.4, -0.2) is 44.8 Å². The lowest BCUT2D eigenvalue weighted by molar-refractivity contribution is -0.126. The molecular weight excluding hydrogens is 473 g/mol. The molecule has 3 aromatic rings. The van der Waals surface area contributed by atoms with Gasteiger partial charge in [0.2, 0.25) is 5.91 Å². The number of carbonyl (C=O) groups excluding carboxylic acids is 2. The number of hydrogen-bond donors (Lipinski definition) is 1. The predicted octanol–water partition coefficient (Wildman–Crippen LogP) is 3.51. The summed E-state index contributed by atoms with van der Waals surface area (Å²) in [5, 5.41) is 11.9. The number of aromatic nitrogens is 3. The number of amides is 2. The number of halogens is 2. The Labute approximate surface area is 207 Å². The molecular formula is C25H25ClFN5O3. The second-order valence-electron chi connectivity index (χ2n) is 8.83. The molecule has 1 atom stereocenters. The molecule has 2 aromatic carbocycles. The SMILES string of the molecule is O=C(NCc1ccc(F)cc1)C1CCN(C(=O)c2nnn3c2CO[C@H](c2ccc(Cl)cc2)C3)CC1. The fourth-order valence-electron chi connectivity index (χ4n) is 4.49. The van der Waals surface area contributed by atoms with E-state index in [1.165, 1.54) is 12.1 Å². The molecule has 2 aliphatic rings. The van der Waals surface area contributed by atoms with E-state index in [9.17, 15) is 14.0 Å². The van der Waals surface area contributed by atoms with Crippen LogP contribution in [0.4, 0.5) is 4.39 Å². The number of nitrogens with one attached hydrogen (secondary N) is 1. The van der Waals surface area contributed by atoms with Crippen molar-refractivity contribution in [2.75, 3.05) is 13.1 Å². The van der Waals surface area contributed by atoms with Crippen molar-refractivity contribution in [1.29, 1.82) is 0 Å². The van der Waals surface area contributed by atoms with Gasteiger partial charge in [-0.1, -0.05) is 41.1 Å². The van der Waals surface area contributed by atoms with Gasteiger partial charge in [0.05, 0.1) is 18.8 Å². The Balaban J connectivity index is 1.15. The van der Waals surface area contributed by atoms with E-state index in [-0.39, 0.29) is 36.3 Å². The van der Waals surface area contributed by atoms with Gasteiger partial charge in [0.15, 0.2) is 5.69 Å². The van der Waals surface area contributed by atoms with Crippen molar-refractivity contribution in [3.05, 3.63) is 81.9 Å². The Morgan fingerprint density at radius 1 is 1.09 bits per heavy atom. The lowest BCUT2D eigenvalue weighted by Gasteiger charge is -2.31. The minimum absolute atomic E-state index is 0.0518. The van der Waals surface area contributed by atoms with Crippen LogP contribution < -0.4 is 5.32 Å². The summed E-state index contributed by atoms with van der Waals surface area (Å²) >= 11 is 5.97. The van der Waals surface area contributed by atoms with Gasteiger partial charge in [-0.05, 0) is 48.2 Å². The summed E-state index contributed by atoms with van der Waals surface area (Å²) in [6.45, 7) is 1.99. The van der Waals surface area contributed by atoms with Crippen molar-refractivity contribution >= 4 is 23.4 Å². The van der Waals surface area contributed by atoms with Crippen LogP contribution in [0.3, 0.4) is 0 Å². The zero-order chi connectivity index (χ0) is 24.4. The number of ether oxygens (including phenoxy) is 1. The third-order valence-corrected chi connectivity index (χ3v) is 6.83. The third-order valence-electron chi connectivity index (χ3n) is 6.57. The summed E-state index contributed by atoms with van der Waals surface area (Å²) in [6, 6.07) is 13.5. The smallest absolute Gasteiger partial charge is 0.276 e. The van der Waals surface area contributed by atoms with E-state index in [2.05, 4.69) is 15.6 Å². The Kier molecular flexibility index (Phi) is 6.79. The van der Waals surface area contributed by atoms with Gasteiger partial charge in [-0.2, -0.15) is 0 Å². The molecule has 5 rings (SSSR count). The van der Waals surface area contributed by atoms with E-state index in [1.54, 1.807) is 21.7 Å². The third kappa shape index (κ3) is 5.21. The summed E-state index contributed by atoms with van der Waals surface area (Å²) in [4.78, 5) is 27.4. The van der Waals surface area contributed by atoms with Crippen molar-refractivity contribution < 1.29 is 18.7 Å². The first-order valence-corrected chi connectivity index (χ1v) is 12.0. The second kappa shape index (κ2) is 10.1. The van der Waals surface area contributed by atoms with Gasteiger partial charge in [0, 0.05) is 30.6 Å². The molecule has 1 aromatic heterocycles. The van der Waals surface area contributed by atoms with E-state index in [1.807, 2.05) is 24.3 Å². The van der Waals surface area contributed by atoms with Gasteiger partial charge in [0.25, 0.3) is 5.91 Å². The number of rotatable bonds is 5. The molecule has 0 radical (unpaired) electrons. The topological polar surface area (TPSA) is 89.4 Å². The first kappa shape index (κ1) is 23.4. The van der Waals surface area contributed by atoms with Crippen molar-refractivity contribution in [1.82, 2.24) is 25.2 Å². The first-order chi connectivity index (χ1) is 17.0. The zero-order valence-electron chi connectivity index (χ0n) is 19.0. The zero-order valence-corrected chi connectivity index (χ0v) is 19.7. The summed E-state index contributed by atoms with van der Waals surface area (Å²) in [6.07, 6.45) is 0.952. The Morgan fingerprint density at radius 3 is 2.51 bits per heavy atom. The van der Waals surface area contributed by atoms with E-state index >= 15 is 0 Å². The maximum absolute atomic E-state index is 13.1. The van der Waals surface area contributed by atoms with Gasteiger partial charge < -0.3 is 15.0 Å². The van der Waals surface area contributed by atoms with Crippen LogP contribution in [0.15, 0.2) is 48.5 Å². The molecule has 182 valence electrons. The van der Waals surface area contributed by atoms with Gasteiger partial charge in [-0.3, -0.25) is 9.59 Å². The van der Waals surface area contributed by atoms with E-state index in [0.29, 0.717) is 55.4 Å². The fraction of sp³-hybridized carbons (Fsp3) is 0.360. The molecule has 2 amide bonds. The quantitative estimate of drug-likeness (QED) is 0.582. The molecule has 1 N–H and O–H groups in total. The molecule has 8 nitrogen and oxygen atoms in total. The van der Waals surface area contributed by atoms with Crippen LogP contribution in [-0.2, 0) is 29.2 Å². The summed E-state index contributed by atoms with van der Waals surface area (Å²) in [5.41, 5.74) is 2.80. The van der Waals surface area contributed by atoms with E-state index < -0.39 is 0 Å². The maximum atomic E-state index is 13.1. The summed E-state index contributed by atoms with van der Waals surface area (Å²) in [7, 11) is 0. The number of benzene rings is 2. The molecule has 3 heterocycles. The number of nitrogens with zero attached hydrogens (tertiary/aromatic N) is 4. The predicted molar refractivity (Wildman–Crippen MR) is 126 cm³/mol. The van der Waals surface area contributed by atoms with Crippen LogP contribution in [0, 0.1) is 11.7 Å². The number of fused-ring (bicyclic) bond motifs is 1. The highest BCUT2D eigenvalue weighted by molar-refractivity contribution is 6.30. The molecule has 0 aliphatic carbocycles. The molecule has 35 heavy (non-hydrogen) atoms. The van der Waals surface area contributed by atoms with Gasteiger partial charge in [-0.15, -0.1) is 5.10 Å². The number of piperidine rings is 1. The second-order valence-corrected chi connectivity index (χ2v) is 9.27. The van der Waals surface area contributed by atoms with Crippen molar-refractivity contribution in [3.8, 4) is 0 Å². The van der Waals surface area contributed by atoms with E-state index in [0.717, 1.165) is 11.1 Å². The summed E-state index contributed by atoms with van der Waals surface area (Å²) < 4.78 is 20.8. The monoisotopic (exact) mass is 497 g/mol. The molecule has 2 aliphatic heterocycles. The highest BCUT2D eigenvalue weighted by Gasteiger charge is 2.33. The largest absolute Gasteiger partial charge is 0.365 e. The van der Waals surface area contributed by atoms with Crippen molar-refractivity contribution in [3.63, 3.8) is 0 Å². The maximum Gasteiger partial charge on any atom is 0.276 e. The molecule has 1 saturated heterocycles. The molecule has 0 unspecified atom stereocenters. The molecule has 1 fully saturated rings. The van der Waals surface area contributed by atoms with Crippen molar-refractivity contribution in [2.24, 2.45) is 5.92 Å². The van der Waals surface area contributed by atoms with Crippen molar-refractivity contribution in [2.45, 2.75) is 38.6 Å². The summed E-state index contributed by atoms with van der Waals surface area (Å²) in [5.74, 6) is -0.717. The highest BCUT2D eigenvalue weighted by Crippen LogP contribution is 2.29. The van der Waals surface area contributed by atoms with Gasteiger partial charge in [-0.25, -0.2) is 9.07 Å². The van der Waals surface area contributed by atoms with Crippen LogP contribution >= 0.6 is 11.6 Å². The lowest BCUT2D eigenvalue weighted by atomic mass is 9.95. The minimum Gasteiger partial charge on any atom is -0.365 e.